The molecular weight excluding hydrogens is 269 g/mol. The molecule has 1 aromatic carbocycles. The highest BCUT2D eigenvalue weighted by Gasteiger charge is 2.23. The summed E-state index contributed by atoms with van der Waals surface area (Å²) in [5.74, 6) is -1.30. The highest BCUT2D eigenvalue weighted by molar-refractivity contribution is 7.92. The Balaban J connectivity index is 2.85. The SMILES string of the molecule is C[C@@H](C(=O)Nc1ccc(F)c(Cl)c1)S(C)(=O)=O. The molecule has 0 bridgehead atoms. The van der Waals surface area contributed by atoms with Gasteiger partial charge in [0.15, 0.2) is 9.84 Å². The maximum Gasteiger partial charge on any atom is 0.242 e. The molecule has 0 fully saturated rings. The van der Waals surface area contributed by atoms with Gasteiger partial charge in [-0.2, -0.15) is 0 Å². The van der Waals surface area contributed by atoms with Crippen LogP contribution in [-0.2, 0) is 14.6 Å². The molecule has 0 aliphatic rings. The quantitative estimate of drug-likeness (QED) is 0.918. The van der Waals surface area contributed by atoms with Gasteiger partial charge in [0.2, 0.25) is 5.91 Å². The summed E-state index contributed by atoms with van der Waals surface area (Å²) in [6.07, 6.45) is 0.967. The van der Waals surface area contributed by atoms with Crippen LogP contribution in [0.4, 0.5) is 10.1 Å². The van der Waals surface area contributed by atoms with E-state index < -0.39 is 26.8 Å². The lowest BCUT2D eigenvalue weighted by molar-refractivity contribution is -0.115. The number of anilines is 1. The number of sulfone groups is 1. The normalized spacial score (nSPS) is 13.2. The first kappa shape index (κ1) is 13.9. The van der Waals surface area contributed by atoms with Crippen LogP contribution in [0.2, 0.25) is 5.02 Å². The van der Waals surface area contributed by atoms with Gasteiger partial charge < -0.3 is 5.32 Å². The van der Waals surface area contributed by atoms with Crippen molar-refractivity contribution in [3.63, 3.8) is 0 Å². The Morgan fingerprint density at radius 1 is 1.47 bits per heavy atom. The zero-order valence-corrected chi connectivity index (χ0v) is 10.8. The summed E-state index contributed by atoms with van der Waals surface area (Å²) >= 11 is 5.52. The van der Waals surface area contributed by atoms with Crippen LogP contribution in [0, 0.1) is 5.82 Å². The number of nitrogens with one attached hydrogen (secondary N) is 1. The molecule has 1 rings (SSSR count). The first-order valence-corrected chi connectivity index (χ1v) is 7.00. The Hall–Kier alpha value is -1.14. The zero-order chi connectivity index (χ0) is 13.2. The fourth-order valence-electron chi connectivity index (χ4n) is 1.01. The van der Waals surface area contributed by atoms with Gasteiger partial charge in [-0.1, -0.05) is 11.6 Å². The highest BCUT2D eigenvalue weighted by atomic mass is 35.5. The van der Waals surface area contributed by atoms with Gasteiger partial charge in [0.25, 0.3) is 0 Å². The van der Waals surface area contributed by atoms with Crippen molar-refractivity contribution in [2.45, 2.75) is 12.2 Å². The van der Waals surface area contributed by atoms with Gasteiger partial charge in [0.05, 0.1) is 5.02 Å². The van der Waals surface area contributed by atoms with E-state index in [1.54, 1.807) is 0 Å². The second-order valence-corrected chi connectivity index (χ2v) is 6.36. The van der Waals surface area contributed by atoms with Gasteiger partial charge in [0.1, 0.15) is 11.1 Å². The number of halogens is 2. The predicted octanol–water partition coefficient (Wildman–Crippen LogP) is 1.85. The summed E-state index contributed by atoms with van der Waals surface area (Å²) in [6.45, 7) is 1.27. The predicted molar refractivity (Wildman–Crippen MR) is 64.3 cm³/mol. The lowest BCUT2D eigenvalue weighted by atomic mass is 10.3. The van der Waals surface area contributed by atoms with Crippen molar-refractivity contribution in [1.82, 2.24) is 0 Å². The number of rotatable bonds is 3. The number of amides is 1. The van der Waals surface area contributed by atoms with E-state index in [9.17, 15) is 17.6 Å². The largest absolute Gasteiger partial charge is 0.325 e. The molecule has 1 N–H and O–H groups in total. The Bertz CT molecular complexity index is 544. The molecule has 94 valence electrons. The Morgan fingerprint density at radius 3 is 2.53 bits per heavy atom. The van der Waals surface area contributed by atoms with Gasteiger partial charge in [-0.15, -0.1) is 0 Å². The van der Waals surface area contributed by atoms with Crippen molar-refractivity contribution in [2.24, 2.45) is 0 Å². The standard InChI is InChI=1S/C10H11ClFNO3S/c1-6(17(2,15)16)10(14)13-7-3-4-9(12)8(11)5-7/h3-6H,1-2H3,(H,13,14)/t6-/m0/s1. The lowest BCUT2D eigenvalue weighted by Crippen LogP contribution is -2.31. The van der Waals surface area contributed by atoms with E-state index in [2.05, 4.69) is 5.32 Å². The Kier molecular flexibility index (Phi) is 4.11. The molecule has 0 saturated heterocycles. The third-order valence-electron chi connectivity index (χ3n) is 2.20. The molecule has 0 saturated carbocycles. The fourth-order valence-corrected chi connectivity index (χ4v) is 1.64. The van der Waals surface area contributed by atoms with Crippen molar-refractivity contribution >= 4 is 33.0 Å². The average molecular weight is 280 g/mol. The minimum atomic E-state index is -3.46. The third kappa shape index (κ3) is 3.67. The molecule has 0 aliphatic carbocycles. The smallest absolute Gasteiger partial charge is 0.242 e. The van der Waals surface area contributed by atoms with E-state index in [0.29, 0.717) is 0 Å². The molecule has 0 spiro atoms. The molecule has 0 radical (unpaired) electrons. The Morgan fingerprint density at radius 2 is 2.06 bits per heavy atom. The van der Waals surface area contributed by atoms with Crippen LogP contribution in [0.1, 0.15) is 6.92 Å². The molecule has 0 unspecified atom stereocenters. The monoisotopic (exact) mass is 279 g/mol. The van der Waals surface area contributed by atoms with Gasteiger partial charge in [-0.05, 0) is 25.1 Å². The number of carbonyl (C=O) groups excluding carboxylic acids is 1. The summed E-state index contributed by atoms with van der Waals surface area (Å²) < 4.78 is 35.1. The first-order chi connectivity index (χ1) is 7.71. The van der Waals surface area contributed by atoms with Crippen molar-refractivity contribution in [2.75, 3.05) is 11.6 Å². The van der Waals surface area contributed by atoms with Crippen LogP contribution in [-0.4, -0.2) is 25.8 Å². The number of hydrogen-bond acceptors (Lipinski definition) is 3. The third-order valence-corrected chi connectivity index (χ3v) is 3.99. The highest BCUT2D eigenvalue weighted by Crippen LogP contribution is 2.19. The van der Waals surface area contributed by atoms with Gasteiger partial charge in [0, 0.05) is 11.9 Å². The van der Waals surface area contributed by atoms with Crippen LogP contribution < -0.4 is 5.32 Å². The molecule has 0 aromatic heterocycles. The van der Waals surface area contributed by atoms with Crippen LogP contribution >= 0.6 is 11.6 Å². The van der Waals surface area contributed by atoms with E-state index in [1.165, 1.54) is 19.1 Å². The Labute approximate surface area is 104 Å². The molecule has 1 aromatic rings. The summed E-state index contributed by atoms with van der Waals surface area (Å²) in [5.41, 5.74) is 0.247. The minimum Gasteiger partial charge on any atom is -0.325 e. The van der Waals surface area contributed by atoms with E-state index in [-0.39, 0.29) is 10.7 Å². The lowest BCUT2D eigenvalue weighted by Gasteiger charge is -2.10. The van der Waals surface area contributed by atoms with Crippen LogP contribution in [0.15, 0.2) is 18.2 Å². The molecule has 17 heavy (non-hydrogen) atoms. The first-order valence-electron chi connectivity index (χ1n) is 4.66. The number of carbonyl (C=O) groups is 1. The summed E-state index contributed by atoms with van der Waals surface area (Å²) in [4.78, 5) is 11.5. The van der Waals surface area contributed by atoms with Crippen molar-refractivity contribution in [1.29, 1.82) is 0 Å². The van der Waals surface area contributed by atoms with E-state index in [0.717, 1.165) is 12.3 Å². The van der Waals surface area contributed by atoms with Gasteiger partial charge >= 0.3 is 0 Å². The molecule has 1 atom stereocenters. The molecule has 4 nitrogen and oxygen atoms in total. The van der Waals surface area contributed by atoms with Crippen LogP contribution in [0.25, 0.3) is 0 Å². The van der Waals surface area contributed by atoms with E-state index in [1.807, 2.05) is 0 Å². The second kappa shape index (κ2) is 5.01. The second-order valence-electron chi connectivity index (χ2n) is 3.59. The average Bonchev–Trinajstić information content (AvgIpc) is 2.21. The summed E-state index contributed by atoms with van der Waals surface area (Å²) in [7, 11) is -3.46. The van der Waals surface area contributed by atoms with E-state index >= 15 is 0 Å². The fraction of sp³-hybridized carbons (Fsp3) is 0.300. The minimum absolute atomic E-state index is 0.144. The van der Waals surface area contributed by atoms with Crippen molar-refractivity contribution < 1.29 is 17.6 Å². The van der Waals surface area contributed by atoms with Gasteiger partial charge in [-0.3, -0.25) is 4.79 Å². The molecule has 1 amide bonds. The maximum absolute atomic E-state index is 12.8. The molecular formula is C10H11ClFNO3S. The van der Waals surface area contributed by atoms with E-state index in [4.69, 9.17) is 11.6 Å². The van der Waals surface area contributed by atoms with Crippen LogP contribution in [0.5, 0.6) is 0 Å². The molecule has 0 aliphatic heterocycles. The van der Waals surface area contributed by atoms with Crippen LogP contribution in [0.3, 0.4) is 0 Å². The topological polar surface area (TPSA) is 63.2 Å². The molecule has 7 heteroatoms. The van der Waals surface area contributed by atoms with Gasteiger partial charge in [-0.25, -0.2) is 12.8 Å². The maximum atomic E-state index is 12.8. The molecule has 0 heterocycles. The zero-order valence-electron chi connectivity index (χ0n) is 9.20. The van der Waals surface area contributed by atoms with Crippen molar-refractivity contribution in [3.8, 4) is 0 Å². The number of benzene rings is 1. The summed E-state index contributed by atoms with van der Waals surface area (Å²) in [6, 6.07) is 3.60. The number of hydrogen-bond donors (Lipinski definition) is 1. The summed E-state index contributed by atoms with van der Waals surface area (Å²) in [5, 5.41) is 1.03. The van der Waals surface area contributed by atoms with Crippen molar-refractivity contribution in [3.05, 3.63) is 29.0 Å².